The van der Waals surface area contributed by atoms with Crippen molar-refractivity contribution >= 4 is 5.69 Å². The van der Waals surface area contributed by atoms with Crippen LogP contribution in [0.5, 0.6) is 0 Å². The van der Waals surface area contributed by atoms with Gasteiger partial charge in [0.25, 0.3) is 0 Å². The molecule has 106 valence electrons. The van der Waals surface area contributed by atoms with Crippen LogP contribution in [0.15, 0.2) is 60.7 Å². The van der Waals surface area contributed by atoms with Gasteiger partial charge in [0.15, 0.2) is 0 Å². The maximum Gasteiger partial charge on any atom is 0.0542 e. The highest BCUT2D eigenvalue weighted by molar-refractivity contribution is 5.49. The lowest BCUT2D eigenvalue weighted by Gasteiger charge is -2.38. The first-order valence-electron chi connectivity index (χ1n) is 7.26. The zero-order valence-electron chi connectivity index (χ0n) is 12.1. The largest absolute Gasteiger partial charge is 0.400 e. The van der Waals surface area contributed by atoms with Gasteiger partial charge in [-0.15, -0.1) is 0 Å². The van der Waals surface area contributed by atoms with E-state index in [-0.39, 0.29) is 0 Å². The highest BCUT2D eigenvalue weighted by Crippen LogP contribution is 2.34. The van der Waals surface area contributed by atoms with E-state index >= 15 is 0 Å². The van der Waals surface area contributed by atoms with Gasteiger partial charge in [-0.3, -0.25) is 0 Å². The van der Waals surface area contributed by atoms with E-state index in [1.165, 1.54) is 37.1 Å². The molecule has 0 aliphatic carbocycles. The third-order valence-electron chi connectivity index (χ3n) is 3.77. The monoisotopic (exact) mass is 269 g/mol. The van der Waals surface area contributed by atoms with E-state index in [2.05, 4.69) is 65.6 Å². The van der Waals surface area contributed by atoms with Crippen LogP contribution >= 0.6 is 0 Å². The predicted molar refractivity (Wildman–Crippen MR) is 85.0 cm³/mol. The predicted octanol–water partition coefficient (Wildman–Crippen LogP) is 4.03. The number of aliphatic hydroxyl groups excluding tert-OH is 1. The Morgan fingerprint density at radius 1 is 0.850 bits per heavy atom. The number of benzene rings is 2. The van der Waals surface area contributed by atoms with Crippen LogP contribution in [0, 0.1) is 0 Å². The molecule has 1 aliphatic heterocycles. The molecule has 20 heavy (non-hydrogen) atoms. The van der Waals surface area contributed by atoms with Gasteiger partial charge in [0.2, 0.25) is 0 Å². The fourth-order valence-electron chi connectivity index (χ4n) is 2.88. The SMILES string of the molecule is CO.c1ccc(C2CCCCN2c2ccccc2)cc1. The number of rotatable bonds is 2. The molecule has 2 aromatic carbocycles. The summed E-state index contributed by atoms with van der Waals surface area (Å²) in [5, 5.41) is 7.00. The number of hydrogen-bond donors (Lipinski definition) is 1. The number of hydrogen-bond acceptors (Lipinski definition) is 2. The molecule has 0 aromatic heterocycles. The summed E-state index contributed by atoms with van der Waals surface area (Å²) in [5.41, 5.74) is 2.80. The van der Waals surface area contributed by atoms with Crippen LogP contribution in [0.1, 0.15) is 30.9 Å². The molecule has 0 amide bonds. The van der Waals surface area contributed by atoms with Crippen molar-refractivity contribution in [1.29, 1.82) is 0 Å². The van der Waals surface area contributed by atoms with Crippen molar-refractivity contribution in [3.05, 3.63) is 66.2 Å². The maximum atomic E-state index is 7.00. The third kappa shape index (κ3) is 3.40. The number of aliphatic hydroxyl groups is 1. The summed E-state index contributed by atoms with van der Waals surface area (Å²) in [6.45, 7) is 1.17. The summed E-state index contributed by atoms with van der Waals surface area (Å²) in [7, 11) is 1.00. The highest BCUT2D eigenvalue weighted by atomic mass is 16.2. The van der Waals surface area contributed by atoms with Crippen LogP contribution in [0.25, 0.3) is 0 Å². The van der Waals surface area contributed by atoms with Gasteiger partial charge < -0.3 is 10.0 Å². The zero-order valence-corrected chi connectivity index (χ0v) is 12.1. The number of piperidine rings is 1. The van der Waals surface area contributed by atoms with Crippen LogP contribution in [0.3, 0.4) is 0 Å². The molecule has 0 bridgehead atoms. The first-order chi connectivity index (χ1) is 9.95. The quantitative estimate of drug-likeness (QED) is 0.890. The molecule has 2 aromatic rings. The van der Waals surface area contributed by atoms with Crippen molar-refractivity contribution in [3.8, 4) is 0 Å². The number of nitrogens with zero attached hydrogens (tertiary/aromatic N) is 1. The van der Waals surface area contributed by atoms with E-state index in [1.54, 1.807) is 0 Å². The molecule has 1 heterocycles. The van der Waals surface area contributed by atoms with Gasteiger partial charge in [-0.1, -0.05) is 48.5 Å². The fraction of sp³-hybridized carbons (Fsp3) is 0.333. The van der Waals surface area contributed by atoms with E-state index in [4.69, 9.17) is 5.11 Å². The molecule has 1 aliphatic rings. The second-order valence-electron chi connectivity index (χ2n) is 4.95. The van der Waals surface area contributed by atoms with E-state index < -0.39 is 0 Å². The summed E-state index contributed by atoms with van der Waals surface area (Å²) in [4.78, 5) is 2.55. The minimum absolute atomic E-state index is 0.544. The lowest BCUT2D eigenvalue weighted by atomic mass is 9.94. The van der Waals surface area contributed by atoms with Gasteiger partial charge in [-0.25, -0.2) is 0 Å². The third-order valence-corrected chi connectivity index (χ3v) is 3.77. The van der Waals surface area contributed by atoms with Crippen LogP contribution in [0.2, 0.25) is 0 Å². The normalized spacial score (nSPS) is 18.1. The summed E-state index contributed by atoms with van der Waals surface area (Å²) >= 11 is 0. The van der Waals surface area contributed by atoms with Gasteiger partial charge in [-0.2, -0.15) is 0 Å². The van der Waals surface area contributed by atoms with Gasteiger partial charge in [0.1, 0.15) is 0 Å². The molecule has 1 N–H and O–H groups in total. The van der Waals surface area contributed by atoms with Crippen molar-refractivity contribution in [1.82, 2.24) is 0 Å². The minimum atomic E-state index is 0.544. The molecule has 1 saturated heterocycles. The summed E-state index contributed by atoms with van der Waals surface area (Å²) in [6, 6.07) is 22.2. The molecular weight excluding hydrogens is 246 g/mol. The Hall–Kier alpha value is -1.80. The van der Waals surface area contributed by atoms with Crippen LogP contribution in [-0.4, -0.2) is 18.8 Å². The smallest absolute Gasteiger partial charge is 0.0542 e. The number of para-hydroxylation sites is 1. The molecule has 1 atom stereocenters. The maximum absolute atomic E-state index is 7.00. The second kappa shape index (κ2) is 7.71. The second-order valence-corrected chi connectivity index (χ2v) is 4.95. The fourth-order valence-corrected chi connectivity index (χ4v) is 2.88. The summed E-state index contributed by atoms with van der Waals surface area (Å²) in [5.74, 6) is 0. The molecule has 2 nitrogen and oxygen atoms in total. The summed E-state index contributed by atoms with van der Waals surface area (Å²) < 4.78 is 0. The van der Waals surface area contributed by atoms with Crippen molar-refractivity contribution in [3.63, 3.8) is 0 Å². The topological polar surface area (TPSA) is 23.5 Å². The van der Waals surface area contributed by atoms with Gasteiger partial charge in [0.05, 0.1) is 6.04 Å². The standard InChI is InChI=1S/C17H19N.CH4O/c1-3-9-15(10-4-1)17-13-7-8-14-18(17)16-11-5-2-6-12-16;1-2/h1-6,9-12,17H,7-8,13-14H2;2H,1H3. The Morgan fingerprint density at radius 2 is 1.45 bits per heavy atom. The van der Waals surface area contributed by atoms with Crippen LogP contribution in [0.4, 0.5) is 5.69 Å². The van der Waals surface area contributed by atoms with Crippen LogP contribution < -0.4 is 4.90 Å². The van der Waals surface area contributed by atoms with E-state index in [0.717, 1.165) is 7.11 Å². The molecule has 2 heteroatoms. The minimum Gasteiger partial charge on any atom is -0.400 e. The van der Waals surface area contributed by atoms with Gasteiger partial charge in [-0.05, 0) is 37.0 Å². The lowest BCUT2D eigenvalue weighted by Crippen LogP contribution is -2.33. The van der Waals surface area contributed by atoms with Gasteiger partial charge in [0, 0.05) is 19.3 Å². The average Bonchev–Trinajstić information content (AvgIpc) is 2.58. The molecule has 0 saturated carbocycles. The Labute approximate surface area is 121 Å². The zero-order chi connectivity index (χ0) is 14.2. The molecule has 0 spiro atoms. The van der Waals surface area contributed by atoms with Crippen molar-refractivity contribution in [2.75, 3.05) is 18.6 Å². The Bertz CT molecular complexity index is 436. The molecule has 3 rings (SSSR count). The Kier molecular flexibility index (Phi) is 5.63. The molecule has 0 radical (unpaired) electrons. The molecular formula is C18H23NO. The Morgan fingerprint density at radius 3 is 2.10 bits per heavy atom. The summed E-state index contributed by atoms with van der Waals surface area (Å²) in [6.07, 6.45) is 3.90. The first-order valence-corrected chi connectivity index (χ1v) is 7.26. The van der Waals surface area contributed by atoms with E-state index in [1.807, 2.05) is 0 Å². The van der Waals surface area contributed by atoms with Crippen molar-refractivity contribution < 1.29 is 5.11 Å². The highest BCUT2D eigenvalue weighted by Gasteiger charge is 2.23. The van der Waals surface area contributed by atoms with Gasteiger partial charge >= 0.3 is 0 Å². The van der Waals surface area contributed by atoms with E-state index in [0.29, 0.717) is 6.04 Å². The molecule has 1 unspecified atom stereocenters. The molecule has 1 fully saturated rings. The van der Waals surface area contributed by atoms with Crippen molar-refractivity contribution in [2.24, 2.45) is 0 Å². The van der Waals surface area contributed by atoms with Crippen molar-refractivity contribution in [2.45, 2.75) is 25.3 Å². The average molecular weight is 269 g/mol. The van der Waals surface area contributed by atoms with Crippen LogP contribution in [-0.2, 0) is 0 Å². The first kappa shape index (κ1) is 14.6. The Balaban J connectivity index is 0.000000704. The lowest BCUT2D eigenvalue weighted by molar-refractivity contribution is 0.399. The number of anilines is 1. The van der Waals surface area contributed by atoms with E-state index in [9.17, 15) is 0 Å².